The van der Waals surface area contributed by atoms with E-state index in [1.807, 2.05) is 0 Å². The van der Waals surface area contributed by atoms with E-state index in [0.29, 0.717) is 44.4 Å². The van der Waals surface area contributed by atoms with Crippen LogP contribution in [0.4, 0.5) is 4.79 Å². The van der Waals surface area contributed by atoms with E-state index < -0.39 is 0 Å². The largest absolute Gasteiger partial charge is 0.446 e. The molecule has 4 aliphatic rings. The average Bonchev–Trinajstić information content (AvgIpc) is 3.57. The van der Waals surface area contributed by atoms with Crippen molar-refractivity contribution in [3.8, 4) is 0 Å². The summed E-state index contributed by atoms with van der Waals surface area (Å²) in [6, 6.07) is 0. The molecule has 4 rings (SSSR count). The van der Waals surface area contributed by atoms with Crippen molar-refractivity contribution < 1.29 is 19.1 Å². The number of alkyl carbamates (subject to hydrolysis) is 1. The first-order valence-corrected chi connectivity index (χ1v) is 25.3. The number of unbranched alkanes of at least 4 members (excludes halogenated alkanes) is 11. The molecule has 0 aromatic heterocycles. The number of allylic oxidation sites excluding steroid dienone is 1. The van der Waals surface area contributed by atoms with E-state index in [9.17, 15) is 14.4 Å². The molecule has 8 heteroatoms. The number of carbonyl (C=O) groups excluding carboxylic acids is 3. The van der Waals surface area contributed by atoms with Crippen LogP contribution in [-0.2, 0) is 14.3 Å². The molecule has 3 saturated carbocycles. The summed E-state index contributed by atoms with van der Waals surface area (Å²) in [4.78, 5) is 40.8. The van der Waals surface area contributed by atoms with Gasteiger partial charge in [0.05, 0.1) is 6.54 Å². The Morgan fingerprint density at radius 3 is 2.19 bits per heavy atom. The highest BCUT2D eigenvalue weighted by Crippen LogP contribution is 2.67. The fraction of sp³-hybridized carbons (Fsp3) is 0.902. The van der Waals surface area contributed by atoms with Gasteiger partial charge in [0.1, 0.15) is 6.10 Å². The zero-order valence-electron chi connectivity index (χ0n) is 39.2. The van der Waals surface area contributed by atoms with E-state index in [4.69, 9.17) is 10.5 Å². The highest BCUT2D eigenvalue weighted by atomic mass is 16.6. The number of amides is 3. The Morgan fingerprint density at radius 1 is 0.797 bits per heavy atom. The summed E-state index contributed by atoms with van der Waals surface area (Å²) >= 11 is 0. The second kappa shape index (κ2) is 25.8. The van der Waals surface area contributed by atoms with Crippen molar-refractivity contribution in [2.24, 2.45) is 52.1 Å². The number of hydrogen-bond acceptors (Lipinski definition) is 5. The Hall–Kier alpha value is -2.09. The topological polar surface area (TPSA) is 114 Å². The number of nitrogens with two attached hydrogens (primary N) is 1. The molecule has 0 saturated heterocycles. The van der Waals surface area contributed by atoms with Gasteiger partial charge in [-0.15, -0.1) is 0 Å². The second-order valence-electron chi connectivity index (χ2n) is 20.8. The van der Waals surface area contributed by atoms with Crippen molar-refractivity contribution in [2.75, 3.05) is 32.7 Å². The first-order chi connectivity index (χ1) is 28.4. The van der Waals surface area contributed by atoms with Crippen molar-refractivity contribution >= 4 is 17.9 Å². The summed E-state index contributed by atoms with van der Waals surface area (Å²) in [5.41, 5.74) is 7.87. The maximum atomic E-state index is 13.3. The van der Waals surface area contributed by atoms with Crippen molar-refractivity contribution in [1.82, 2.24) is 15.5 Å². The predicted octanol–water partition coefficient (Wildman–Crippen LogP) is 11.9. The molecule has 0 aromatic rings. The molecule has 0 unspecified atom stereocenters. The highest BCUT2D eigenvalue weighted by Gasteiger charge is 2.59. The van der Waals surface area contributed by atoms with E-state index in [1.54, 1.807) is 4.90 Å². The first-order valence-electron chi connectivity index (χ1n) is 25.3. The molecule has 0 aliphatic heterocycles. The zero-order chi connectivity index (χ0) is 42.7. The van der Waals surface area contributed by atoms with Crippen LogP contribution in [0.2, 0.25) is 0 Å². The Bertz CT molecular complexity index is 1290. The molecule has 0 heterocycles. The van der Waals surface area contributed by atoms with Gasteiger partial charge in [-0.1, -0.05) is 137 Å². The Labute approximate surface area is 362 Å². The standard InChI is InChI=1S/C51H92N4O4/c1-7-8-9-10-11-12-13-14-15-16-17-24-48(57)55(38-47(56)53-34-19-18-33-52)36-21-35-54-49(58)59-42-29-31-50(5)41(37-42)25-26-43-45-28-27-44(40(4)23-20-22-39(2)3)51(45,6)32-30-46(43)50/h25,39-40,42-46H,7-24,26-38,52H2,1-6H3,(H,53,56)(H,54,58)/t40-,42+,43+,44-,45+,46+,50+,51-/m1/s1. The molecule has 340 valence electrons. The summed E-state index contributed by atoms with van der Waals surface area (Å²) in [5, 5.41) is 5.92. The van der Waals surface area contributed by atoms with Crippen LogP contribution in [0.3, 0.4) is 0 Å². The second-order valence-corrected chi connectivity index (χ2v) is 20.8. The van der Waals surface area contributed by atoms with Crippen LogP contribution in [0.15, 0.2) is 11.6 Å². The van der Waals surface area contributed by atoms with Crippen molar-refractivity contribution in [3.05, 3.63) is 11.6 Å². The summed E-state index contributed by atoms with van der Waals surface area (Å²) in [6.07, 6.45) is 32.2. The van der Waals surface area contributed by atoms with Gasteiger partial charge in [0.15, 0.2) is 0 Å². The van der Waals surface area contributed by atoms with Gasteiger partial charge < -0.3 is 26.0 Å². The molecule has 4 N–H and O–H groups in total. The third-order valence-electron chi connectivity index (χ3n) is 16.0. The van der Waals surface area contributed by atoms with Crippen LogP contribution in [0.1, 0.15) is 208 Å². The van der Waals surface area contributed by atoms with E-state index in [0.717, 1.165) is 86.9 Å². The van der Waals surface area contributed by atoms with Crippen molar-refractivity contribution in [2.45, 2.75) is 215 Å². The van der Waals surface area contributed by atoms with Crippen molar-refractivity contribution in [3.63, 3.8) is 0 Å². The molecule has 8 nitrogen and oxygen atoms in total. The Morgan fingerprint density at radius 2 is 1.49 bits per heavy atom. The van der Waals surface area contributed by atoms with Gasteiger partial charge in [-0.2, -0.15) is 0 Å². The monoisotopic (exact) mass is 825 g/mol. The Balaban J connectivity index is 1.19. The van der Waals surface area contributed by atoms with Gasteiger partial charge >= 0.3 is 6.09 Å². The van der Waals surface area contributed by atoms with E-state index >= 15 is 0 Å². The smallest absolute Gasteiger partial charge is 0.407 e. The number of fused-ring (bicyclic) bond motifs is 5. The van der Waals surface area contributed by atoms with Gasteiger partial charge in [-0.25, -0.2) is 4.79 Å². The molecular weight excluding hydrogens is 733 g/mol. The SMILES string of the molecule is CCCCCCCCCCCCCC(=O)N(CCCNC(=O)O[C@H]1CC[C@@]2(C)C(=CC[C@H]3[C@@H]4CC[C@H]([C@H](C)CCCC(C)C)[C@@]4(C)CC[C@@H]32)C1)CC(=O)NCCCCN. The molecule has 0 aromatic carbocycles. The fourth-order valence-electron chi connectivity index (χ4n) is 12.5. The third-order valence-corrected chi connectivity index (χ3v) is 16.0. The van der Waals surface area contributed by atoms with E-state index in [1.165, 1.54) is 108 Å². The lowest BCUT2D eigenvalue weighted by Crippen LogP contribution is -2.51. The lowest BCUT2D eigenvalue weighted by Gasteiger charge is -2.58. The summed E-state index contributed by atoms with van der Waals surface area (Å²) in [6.45, 7) is 16.8. The molecular formula is C51H92N4O4. The quantitative estimate of drug-likeness (QED) is 0.0537. The molecule has 0 bridgehead atoms. The first kappa shape index (κ1) is 49.6. The number of ether oxygens (including phenoxy) is 1. The van der Waals surface area contributed by atoms with Crippen LogP contribution in [0, 0.1) is 46.3 Å². The molecule has 59 heavy (non-hydrogen) atoms. The third kappa shape index (κ3) is 15.0. The Kier molecular flexibility index (Phi) is 21.6. The molecule has 3 fully saturated rings. The summed E-state index contributed by atoms with van der Waals surface area (Å²) < 4.78 is 6.06. The van der Waals surface area contributed by atoms with Gasteiger partial charge in [0, 0.05) is 32.5 Å². The van der Waals surface area contributed by atoms with Gasteiger partial charge in [-0.05, 0) is 124 Å². The number of nitrogens with one attached hydrogen (secondary N) is 2. The average molecular weight is 825 g/mol. The fourth-order valence-corrected chi connectivity index (χ4v) is 12.5. The maximum Gasteiger partial charge on any atom is 0.407 e. The van der Waals surface area contributed by atoms with Gasteiger partial charge in [0.25, 0.3) is 0 Å². The van der Waals surface area contributed by atoms with Crippen LogP contribution in [-0.4, -0.2) is 61.6 Å². The molecule has 8 atom stereocenters. The summed E-state index contributed by atoms with van der Waals surface area (Å²) in [5.74, 6) is 4.80. The number of nitrogens with zero attached hydrogens (tertiary/aromatic N) is 1. The summed E-state index contributed by atoms with van der Waals surface area (Å²) in [7, 11) is 0. The van der Waals surface area contributed by atoms with Crippen molar-refractivity contribution in [1.29, 1.82) is 0 Å². The highest BCUT2D eigenvalue weighted by molar-refractivity contribution is 5.84. The minimum absolute atomic E-state index is 0.0239. The normalized spacial score (nSPS) is 27.9. The predicted molar refractivity (Wildman–Crippen MR) is 245 cm³/mol. The lowest BCUT2D eigenvalue weighted by molar-refractivity contribution is -0.136. The van der Waals surface area contributed by atoms with E-state index in [2.05, 4.69) is 58.3 Å². The lowest BCUT2D eigenvalue weighted by atomic mass is 9.47. The minimum Gasteiger partial charge on any atom is -0.446 e. The molecule has 4 aliphatic carbocycles. The van der Waals surface area contributed by atoms with Gasteiger partial charge in [0.2, 0.25) is 11.8 Å². The zero-order valence-corrected chi connectivity index (χ0v) is 39.2. The molecule has 0 radical (unpaired) electrons. The number of rotatable bonds is 28. The minimum atomic E-state index is -0.364. The van der Waals surface area contributed by atoms with E-state index in [-0.39, 0.29) is 36.0 Å². The van der Waals surface area contributed by atoms with Crippen LogP contribution in [0.25, 0.3) is 0 Å². The number of carbonyl (C=O) groups is 3. The van der Waals surface area contributed by atoms with Crippen LogP contribution in [0.5, 0.6) is 0 Å². The van der Waals surface area contributed by atoms with Crippen LogP contribution < -0.4 is 16.4 Å². The van der Waals surface area contributed by atoms with Crippen LogP contribution >= 0.6 is 0 Å². The molecule has 3 amide bonds. The maximum absolute atomic E-state index is 13.3. The number of hydrogen-bond donors (Lipinski definition) is 3. The molecule has 0 spiro atoms. The van der Waals surface area contributed by atoms with Gasteiger partial charge in [-0.3, -0.25) is 9.59 Å².